The molecule has 2 aromatic carbocycles. The van der Waals surface area contributed by atoms with Crippen molar-refractivity contribution in [2.45, 2.75) is 18.5 Å². The van der Waals surface area contributed by atoms with E-state index < -0.39 is 0 Å². The summed E-state index contributed by atoms with van der Waals surface area (Å²) in [5, 5.41) is 9.13. The number of benzene rings is 2. The van der Waals surface area contributed by atoms with Crippen LogP contribution in [0, 0.1) is 0 Å². The number of ether oxygens (including phenoxy) is 1. The van der Waals surface area contributed by atoms with Gasteiger partial charge < -0.3 is 10.6 Å². The van der Waals surface area contributed by atoms with Crippen LogP contribution >= 0.6 is 11.8 Å². The minimum atomic E-state index is 0.647. The van der Waals surface area contributed by atoms with Gasteiger partial charge in [0.15, 0.2) is 5.82 Å². The van der Waals surface area contributed by atoms with Gasteiger partial charge in [0.05, 0.1) is 6.61 Å². The van der Waals surface area contributed by atoms with Gasteiger partial charge in [0.1, 0.15) is 5.75 Å². The van der Waals surface area contributed by atoms with Crippen molar-refractivity contribution < 1.29 is 4.74 Å². The van der Waals surface area contributed by atoms with Gasteiger partial charge in [-0.05, 0) is 43.2 Å². The van der Waals surface area contributed by atoms with Crippen molar-refractivity contribution in [2.75, 3.05) is 18.2 Å². The number of aromatic nitrogens is 3. The fourth-order valence-corrected chi connectivity index (χ4v) is 3.19. The molecular formula is C18H20N4OS. The van der Waals surface area contributed by atoms with Crippen LogP contribution in [0.15, 0.2) is 59.8 Å². The molecule has 24 heavy (non-hydrogen) atoms. The van der Waals surface area contributed by atoms with Gasteiger partial charge in [-0.3, -0.25) is 0 Å². The lowest BCUT2D eigenvalue weighted by Gasteiger charge is -2.06. The Morgan fingerprint density at radius 3 is 2.50 bits per heavy atom. The fraction of sp³-hybridized carbons (Fsp3) is 0.222. The van der Waals surface area contributed by atoms with Crippen molar-refractivity contribution in [3.8, 4) is 17.1 Å². The highest BCUT2D eigenvalue weighted by molar-refractivity contribution is 7.99. The number of aryl methyl sites for hydroxylation is 1. The zero-order valence-corrected chi connectivity index (χ0v) is 14.4. The van der Waals surface area contributed by atoms with Crippen LogP contribution in [-0.2, 0) is 6.42 Å². The highest BCUT2D eigenvalue weighted by atomic mass is 32.2. The molecule has 0 radical (unpaired) electrons. The van der Waals surface area contributed by atoms with Crippen LogP contribution in [0.5, 0.6) is 5.75 Å². The van der Waals surface area contributed by atoms with E-state index in [1.807, 2.05) is 37.3 Å². The van der Waals surface area contributed by atoms with Crippen LogP contribution in [0.3, 0.4) is 0 Å². The van der Waals surface area contributed by atoms with Gasteiger partial charge in [0.2, 0.25) is 5.16 Å². The zero-order valence-electron chi connectivity index (χ0n) is 13.6. The molecule has 0 aliphatic carbocycles. The fourth-order valence-electron chi connectivity index (χ4n) is 2.34. The summed E-state index contributed by atoms with van der Waals surface area (Å²) in [6.45, 7) is 2.61. The average molecular weight is 340 g/mol. The lowest BCUT2D eigenvalue weighted by atomic mass is 10.2. The number of nitrogen functional groups attached to an aromatic ring is 1. The van der Waals surface area contributed by atoms with E-state index in [-0.39, 0.29) is 0 Å². The molecule has 1 aromatic heterocycles. The van der Waals surface area contributed by atoms with Gasteiger partial charge in [0.25, 0.3) is 0 Å². The van der Waals surface area contributed by atoms with Crippen molar-refractivity contribution >= 4 is 11.8 Å². The number of hydrogen-bond acceptors (Lipinski definition) is 5. The van der Waals surface area contributed by atoms with E-state index in [4.69, 9.17) is 10.6 Å². The molecule has 0 saturated heterocycles. The van der Waals surface area contributed by atoms with Gasteiger partial charge in [-0.1, -0.05) is 42.1 Å². The summed E-state index contributed by atoms with van der Waals surface area (Å²) < 4.78 is 7.00. The molecule has 3 aromatic rings. The summed E-state index contributed by atoms with van der Waals surface area (Å²) in [6, 6.07) is 18.1. The Morgan fingerprint density at radius 1 is 1.04 bits per heavy atom. The van der Waals surface area contributed by atoms with Crippen molar-refractivity contribution in [3.05, 3.63) is 60.2 Å². The predicted molar refractivity (Wildman–Crippen MR) is 97.6 cm³/mol. The van der Waals surface area contributed by atoms with Gasteiger partial charge in [-0.25, -0.2) is 4.68 Å². The minimum Gasteiger partial charge on any atom is -0.494 e. The lowest BCUT2D eigenvalue weighted by molar-refractivity contribution is 0.340. The monoisotopic (exact) mass is 340 g/mol. The summed E-state index contributed by atoms with van der Waals surface area (Å²) in [5.41, 5.74) is 2.23. The maximum atomic E-state index is 6.15. The van der Waals surface area contributed by atoms with Crippen LogP contribution in [0.25, 0.3) is 11.4 Å². The highest BCUT2D eigenvalue weighted by Crippen LogP contribution is 2.24. The first-order valence-corrected chi connectivity index (χ1v) is 8.87. The third-order valence-corrected chi connectivity index (χ3v) is 4.50. The normalized spacial score (nSPS) is 10.7. The summed E-state index contributed by atoms with van der Waals surface area (Å²) in [5.74, 6) is 8.54. The molecule has 1 heterocycles. The van der Waals surface area contributed by atoms with Crippen LogP contribution in [-0.4, -0.2) is 27.2 Å². The smallest absolute Gasteiger partial charge is 0.210 e. The number of nitrogens with zero attached hydrogens (tertiary/aromatic N) is 3. The Labute approximate surface area is 145 Å². The van der Waals surface area contributed by atoms with Crippen molar-refractivity contribution in [3.63, 3.8) is 0 Å². The first-order chi connectivity index (χ1) is 11.8. The molecule has 124 valence electrons. The summed E-state index contributed by atoms with van der Waals surface area (Å²) >= 11 is 1.61. The predicted octanol–water partition coefficient (Wildman–Crippen LogP) is 3.39. The Kier molecular flexibility index (Phi) is 5.38. The standard InChI is InChI=1S/C18H20N4OS/c1-2-23-16-10-8-15(9-11-16)17-20-21-18(22(17)19)24-13-12-14-6-4-3-5-7-14/h3-11H,2,12-13,19H2,1H3. The molecule has 2 N–H and O–H groups in total. The third-order valence-electron chi connectivity index (χ3n) is 3.55. The molecule has 0 saturated carbocycles. The molecule has 0 amide bonds. The summed E-state index contributed by atoms with van der Waals surface area (Å²) in [4.78, 5) is 0. The Bertz CT molecular complexity index is 771. The number of rotatable bonds is 7. The van der Waals surface area contributed by atoms with Crippen LogP contribution in [0.2, 0.25) is 0 Å². The topological polar surface area (TPSA) is 66.0 Å². The summed E-state index contributed by atoms with van der Waals surface area (Å²) in [6.07, 6.45) is 0.969. The van der Waals surface area contributed by atoms with E-state index in [9.17, 15) is 0 Å². The van der Waals surface area contributed by atoms with E-state index in [2.05, 4.69) is 34.5 Å². The maximum absolute atomic E-state index is 6.15. The molecule has 0 aliphatic rings. The Morgan fingerprint density at radius 2 is 1.79 bits per heavy atom. The van der Waals surface area contributed by atoms with Crippen LogP contribution in [0.4, 0.5) is 0 Å². The number of nitrogens with two attached hydrogens (primary N) is 1. The van der Waals surface area contributed by atoms with Gasteiger partial charge in [-0.2, -0.15) is 0 Å². The second-order valence-electron chi connectivity index (χ2n) is 5.22. The van der Waals surface area contributed by atoms with E-state index in [1.165, 1.54) is 5.56 Å². The van der Waals surface area contributed by atoms with E-state index >= 15 is 0 Å². The van der Waals surface area contributed by atoms with Gasteiger partial charge in [-0.15, -0.1) is 10.2 Å². The van der Waals surface area contributed by atoms with Crippen molar-refractivity contribution in [1.29, 1.82) is 0 Å². The zero-order chi connectivity index (χ0) is 16.8. The number of hydrogen-bond donors (Lipinski definition) is 1. The molecule has 0 atom stereocenters. The second-order valence-corrected chi connectivity index (χ2v) is 6.28. The SMILES string of the molecule is CCOc1ccc(-c2nnc(SCCc3ccccc3)n2N)cc1. The first kappa shape index (κ1) is 16.4. The molecule has 0 fully saturated rings. The van der Waals surface area contributed by atoms with Crippen LogP contribution < -0.4 is 10.6 Å². The molecule has 3 rings (SSSR count). The Hall–Kier alpha value is -2.47. The van der Waals surface area contributed by atoms with Gasteiger partial charge >= 0.3 is 0 Å². The molecule has 0 aliphatic heterocycles. The summed E-state index contributed by atoms with van der Waals surface area (Å²) in [7, 11) is 0. The number of thioether (sulfide) groups is 1. The van der Waals surface area contributed by atoms with E-state index in [0.29, 0.717) is 12.4 Å². The third kappa shape index (κ3) is 3.89. The van der Waals surface area contributed by atoms with Crippen LogP contribution in [0.1, 0.15) is 12.5 Å². The quantitative estimate of drug-likeness (QED) is 0.527. The largest absolute Gasteiger partial charge is 0.494 e. The lowest BCUT2D eigenvalue weighted by Crippen LogP contribution is -2.11. The molecular weight excluding hydrogens is 320 g/mol. The highest BCUT2D eigenvalue weighted by Gasteiger charge is 2.12. The van der Waals surface area contributed by atoms with E-state index in [0.717, 1.165) is 28.6 Å². The first-order valence-electron chi connectivity index (χ1n) is 7.88. The second kappa shape index (κ2) is 7.88. The molecule has 6 heteroatoms. The molecule has 0 bridgehead atoms. The minimum absolute atomic E-state index is 0.647. The van der Waals surface area contributed by atoms with E-state index in [1.54, 1.807) is 16.4 Å². The van der Waals surface area contributed by atoms with Crippen molar-refractivity contribution in [1.82, 2.24) is 14.9 Å². The Balaban J connectivity index is 1.65. The average Bonchev–Trinajstić information content (AvgIpc) is 2.98. The molecule has 0 unspecified atom stereocenters. The molecule has 5 nitrogen and oxygen atoms in total. The molecule has 0 spiro atoms. The van der Waals surface area contributed by atoms with Gasteiger partial charge in [0, 0.05) is 11.3 Å². The van der Waals surface area contributed by atoms with Crippen molar-refractivity contribution in [2.24, 2.45) is 0 Å². The maximum Gasteiger partial charge on any atom is 0.210 e.